The molecule has 0 N–H and O–H groups in total. The first-order valence-electron chi connectivity index (χ1n) is 10.8. The number of halogens is 1. The molecule has 0 saturated carbocycles. The highest BCUT2D eigenvalue weighted by atomic mass is 35.5. The largest absolute Gasteiger partial charge is 0.493 e. The predicted molar refractivity (Wildman–Crippen MR) is 123 cm³/mol. The Hall–Kier alpha value is -3.03. The van der Waals surface area contributed by atoms with Gasteiger partial charge in [-0.2, -0.15) is 5.10 Å². The van der Waals surface area contributed by atoms with E-state index in [1.54, 1.807) is 28.8 Å². The van der Waals surface area contributed by atoms with E-state index in [9.17, 15) is 4.79 Å². The molecule has 0 spiro atoms. The van der Waals surface area contributed by atoms with Crippen molar-refractivity contribution in [2.24, 2.45) is 0 Å². The molecule has 166 valence electrons. The van der Waals surface area contributed by atoms with Crippen LogP contribution in [0.2, 0.25) is 5.02 Å². The molecule has 0 unspecified atom stereocenters. The van der Waals surface area contributed by atoms with Gasteiger partial charge in [0, 0.05) is 35.1 Å². The van der Waals surface area contributed by atoms with Crippen molar-refractivity contribution >= 4 is 23.2 Å². The van der Waals surface area contributed by atoms with Crippen LogP contribution in [0.3, 0.4) is 0 Å². The average Bonchev–Trinajstić information content (AvgIpc) is 3.53. The molecule has 3 aromatic rings. The quantitative estimate of drug-likeness (QED) is 0.538. The number of carbonyl (C=O) groups is 1. The van der Waals surface area contributed by atoms with Gasteiger partial charge in [0.2, 0.25) is 0 Å². The Morgan fingerprint density at radius 3 is 2.50 bits per heavy atom. The number of hydrogen-bond donors (Lipinski definition) is 0. The predicted octanol–water partition coefficient (Wildman–Crippen LogP) is 4.17. The number of methoxy groups -OCH3 is 1. The van der Waals surface area contributed by atoms with Crippen molar-refractivity contribution in [1.82, 2.24) is 14.7 Å². The van der Waals surface area contributed by atoms with Crippen LogP contribution in [0.5, 0.6) is 11.5 Å². The number of benzene rings is 2. The monoisotopic (exact) mass is 452 g/mol. The Morgan fingerprint density at radius 2 is 1.78 bits per heavy atom. The van der Waals surface area contributed by atoms with E-state index in [0.717, 1.165) is 36.6 Å². The van der Waals surface area contributed by atoms with Crippen LogP contribution >= 0.6 is 11.6 Å². The molecule has 3 heterocycles. The van der Waals surface area contributed by atoms with Gasteiger partial charge in [-0.3, -0.25) is 9.69 Å². The second-order valence-electron chi connectivity index (χ2n) is 8.05. The minimum Gasteiger partial charge on any atom is -0.493 e. The molecule has 1 saturated heterocycles. The van der Waals surface area contributed by atoms with E-state index in [-0.39, 0.29) is 5.91 Å². The number of likely N-dealkylation sites (tertiary alicyclic amines) is 1. The van der Waals surface area contributed by atoms with Crippen LogP contribution < -0.4 is 14.4 Å². The fourth-order valence-electron chi connectivity index (χ4n) is 4.24. The minimum atomic E-state index is -0.127. The summed E-state index contributed by atoms with van der Waals surface area (Å²) in [4.78, 5) is 17.2. The van der Waals surface area contributed by atoms with Gasteiger partial charge in [-0.15, -0.1) is 0 Å². The molecular weight excluding hydrogens is 428 g/mol. The van der Waals surface area contributed by atoms with Crippen molar-refractivity contribution in [3.8, 4) is 17.2 Å². The maximum Gasteiger partial charge on any atom is 0.279 e. The Labute approximate surface area is 192 Å². The maximum absolute atomic E-state index is 13.1. The lowest BCUT2D eigenvalue weighted by Crippen LogP contribution is -2.25. The van der Waals surface area contributed by atoms with Crippen LogP contribution in [0.25, 0.3) is 5.69 Å². The molecule has 8 heteroatoms. The first kappa shape index (κ1) is 20.8. The Balaban J connectivity index is 1.29. The summed E-state index contributed by atoms with van der Waals surface area (Å²) < 4.78 is 13.2. The molecule has 2 aliphatic rings. The number of aromatic nitrogens is 2. The van der Waals surface area contributed by atoms with Crippen molar-refractivity contribution in [3.63, 3.8) is 0 Å². The Morgan fingerprint density at radius 1 is 1.03 bits per heavy atom. The minimum absolute atomic E-state index is 0.127. The summed E-state index contributed by atoms with van der Waals surface area (Å²) in [5.41, 5.74) is 2.97. The molecule has 0 bridgehead atoms. The summed E-state index contributed by atoms with van der Waals surface area (Å²) in [6.45, 7) is 4.27. The first-order chi connectivity index (χ1) is 15.6. The number of nitrogens with zero attached hydrogens (tertiary/aromatic N) is 4. The van der Waals surface area contributed by atoms with E-state index in [2.05, 4.69) is 10.00 Å². The highest BCUT2D eigenvalue weighted by Crippen LogP contribution is 2.35. The summed E-state index contributed by atoms with van der Waals surface area (Å²) in [6, 6.07) is 13.0. The van der Waals surface area contributed by atoms with Gasteiger partial charge in [0.15, 0.2) is 17.2 Å². The lowest BCUT2D eigenvalue weighted by atomic mass is 10.2. The van der Waals surface area contributed by atoms with Gasteiger partial charge >= 0.3 is 0 Å². The second kappa shape index (κ2) is 8.84. The summed E-state index contributed by atoms with van der Waals surface area (Å²) in [5, 5.41) is 5.17. The SMILES string of the molecule is COc1cc(N2Cc3cn(-c4ccc(Cl)cc4)nc3C2=O)ccc1OCCN1CCCC1. The van der Waals surface area contributed by atoms with Crippen LogP contribution in [-0.4, -0.2) is 53.9 Å². The number of anilines is 1. The fraction of sp³-hybridized carbons (Fsp3) is 0.333. The summed E-state index contributed by atoms with van der Waals surface area (Å²) >= 11 is 5.97. The first-order valence-corrected chi connectivity index (χ1v) is 11.2. The summed E-state index contributed by atoms with van der Waals surface area (Å²) in [7, 11) is 1.61. The van der Waals surface area contributed by atoms with E-state index in [4.69, 9.17) is 21.1 Å². The topological polar surface area (TPSA) is 59.8 Å². The van der Waals surface area contributed by atoms with Gasteiger partial charge in [0.05, 0.1) is 19.3 Å². The molecule has 0 radical (unpaired) electrons. The molecular formula is C24H25ClN4O3. The molecule has 0 aliphatic carbocycles. The molecule has 1 fully saturated rings. The van der Waals surface area contributed by atoms with E-state index < -0.39 is 0 Å². The third kappa shape index (κ3) is 4.06. The van der Waals surface area contributed by atoms with Crippen LogP contribution in [0, 0.1) is 0 Å². The van der Waals surface area contributed by atoms with Gasteiger partial charge in [-0.25, -0.2) is 4.68 Å². The van der Waals surface area contributed by atoms with E-state index >= 15 is 0 Å². The highest BCUT2D eigenvalue weighted by molar-refractivity contribution is 6.30. The molecule has 2 aliphatic heterocycles. The zero-order valence-electron chi connectivity index (χ0n) is 18.0. The Bertz CT molecular complexity index is 1120. The molecule has 1 aromatic heterocycles. The smallest absolute Gasteiger partial charge is 0.279 e. The second-order valence-corrected chi connectivity index (χ2v) is 8.48. The molecule has 5 rings (SSSR count). The van der Waals surface area contributed by atoms with Crippen molar-refractivity contribution in [1.29, 1.82) is 0 Å². The lowest BCUT2D eigenvalue weighted by molar-refractivity contribution is 0.0991. The van der Waals surface area contributed by atoms with Crippen LogP contribution in [-0.2, 0) is 6.54 Å². The molecule has 2 aromatic carbocycles. The maximum atomic E-state index is 13.1. The van der Waals surface area contributed by atoms with Crippen molar-refractivity contribution in [2.45, 2.75) is 19.4 Å². The van der Waals surface area contributed by atoms with Gasteiger partial charge < -0.3 is 14.4 Å². The van der Waals surface area contributed by atoms with Gasteiger partial charge in [0.1, 0.15) is 6.61 Å². The third-order valence-corrected chi connectivity index (χ3v) is 6.23. The fourth-order valence-corrected chi connectivity index (χ4v) is 4.37. The van der Waals surface area contributed by atoms with Crippen molar-refractivity contribution < 1.29 is 14.3 Å². The van der Waals surface area contributed by atoms with Gasteiger partial charge in [0.25, 0.3) is 5.91 Å². The zero-order chi connectivity index (χ0) is 22.1. The van der Waals surface area contributed by atoms with Gasteiger partial charge in [-0.05, 0) is 62.3 Å². The number of amides is 1. The number of hydrogen-bond acceptors (Lipinski definition) is 5. The van der Waals surface area contributed by atoms with E-state index in [1.165, 1.54) is 12.8 Å². The average molecular weight is 453 g/mol. The van der Waals surface area contributed by atoms with Gasteiger partial charge in [-0.1, -0.05) is 11.6 Å². The molecule has 32 heavy (non-hydrogen) atoms. The lowest BCUT2D eigenvalue weighted by Gasteiger charge is -2.19. The Kier molecular flexibility index (Phi) is 5.76. The number of carbonyl (C=O) groups excluding carboxylic acids is 1. The number of rotatable bonds is 7. The summed E-state index contributed by atoms with van der Waals surface area (Å²) in [5.74, 6) is 1.18. The van der Waals surface area contributed by atoms with Crippen molar-refractivity contribution in [2.75, 3.05) is 38.3 Å². The van der Waals surface area contributed by atoms with Crippen LogP contribution in [0.4, 0.5) is 5.69 Å². The number of fused-ring (bicyclic) bond motifs is 1. The number of ether oxygens (including phenoxy) is 2. The summed E-state index contributed by atoms with van der Waals surface area (Å²) in [6.07, 6.45) is 4.42. The molecule has 1 amide bonds. The van der Waals surface area contributed by atoms with Crippen LogP contribution in [0.15, 0.2) is 48.7 Å². The normalized spacial score (nSPS) is 15.9. The molecule has 0 atom stereocenters. The van der Waals surface area contributed by atoms with E-state index in [0.29, 0.717) is 35.4 Å². The van der Waals surface area contributed by atoms with Crippen molar-refractivity contribution in [3.05, 3.63) is 64.9 Å². The van der Waals surface area contributed by atoms with Crippen LogP contribution in [0.1, 0.15) is 28.9 Å². The highest BCUT2D eigenvalue weighted by Gasteiger charge is 2.32. The van der Waals surface area contributed by atoms with E-state index in [1.807, 2.05) is 36.5 Å². The zero-order valence-corrected chi connectivity index (χ0v) is 18.7. The third-order valence-electron chi connectivity index (χ3n) is 5.98. The standard InChI is InChI=1S/C24H25ClN4O3/c1-31-22-14-20(8-9-21(22)32-13-12-27-10-2-3-11-27)28-15-17-16-29(26-23(17)24(28)30)19-6-4-18(25)5-7-19/h4-9,14,16H,2-3,10-13,15H2,1H3. The molecule has 7 nitrogen and oxygen atoms in total.